The monoisotopic (exact) mass is 484 g/mol. The van der Waals surface area contributed by atoms with Crippen molar-refractivity contribution in [1.29, 1.82) is 0 Å². The number of nitrogens with one attached hydrogen (secondary N) is 1. The van der Waals surface area contributed by atoms with Crippen molar-refractivity contribution >= 4 is 21.6 Å². The highest BCUT2D eigenvalue weighted by atomic mass is 31.1. The number of hydrogen-bond acceptors (Lipinski definition) is 2. The minimum absolute atomic E-state index is 0.0162. The number of nitrogens with zero attached hydrogens (tertiary/aromatic N) is 1. The normalized spacial score (nSPS) is 16.2. The van der Waals surface area contributed by atoms with E-state index in [0.29, 0.717) is 0 Å². The summed E-state index contributed by atoms with van der Waals surface area (Å²) in [6.07, 6.45) is 1.07. The van der Waals surface area contributed by atoms with E-state index in [0.717, 1.165) is 6.16 Å². The fraction of sp³-hybridized carbons (Fsp3) is 0.893. The van der Waals surface area contributed by atoms with Crippen LogP contribution in [0.15, 0.2) is 16.6 Å². The van der Waals surface area contributed by atoms with Crippen LogP contribution < -0.4 is 5.43 Å². The molecule has 0 saturated carbocycles. The third-order valence-electron chi connectivity index (χ3n) is 5.62. The van der Waals surface area contributed by atoms with E-state index in [-0.39, 0.29) is 47.3 Å². The van der Waals surface area contributed by atoms with Crippen LogP contribution in [0, 0.1) is 10.8 Å². The smallest absolute Gasteiger partial charge is 0.0478 e. The van der Waals surface area contributed by atoms with Crippen molar-refractivity contribution in [3.05, 3.63) is 11.5 Å². The van der Waals surface area contributed by atoms with Crippen LogP contribution in [0.1, 0.15) is 125 Å². The average molecular weight is 485 g/mol. The van der Waals surface area contributed by atoms with Crippen LogP contribution in [-0.2, 0) is 0 Å². The molecule has 0 radical (unpaired) electrons. The second kappa shape index (κ2) is 10.4. The minimum Gasteiger partial charge on any atom is -0.282 e. The Balaban J connectivity index is 6.45. The molecule has 0 aliphatic carbocycles. The topological polar surface area (TPSA) is 24.4 Å². The van der Waals surface area contributed by atoms with Crippen LogP contribution in [0.2, 0.25) is 0 Å². The van der Waals surface area contributed by atoms with Crippen LogP contribution in [0.4, 0.5) is 0 Å². The third-order valence-corrected chi connectivity index (χ3v) is 12.9. The van der Waals surface area contributed by atoms with E-state index >= 15 is 0 Å². The van der Waals surface area contributed by atoms with Crippen molar-refractivity contribution in [2.24, 2.45) is 15.9 Å². The van der Waals surface area contributed by atoms with Gasteiger partial charge in [0.05, 0.1) is 0 Å². The first-order valence-electron chi connectivity index (χ1n) is 12.3. The molecule has 2 nitrogen and oxygen atoms in total. The van der Waals surface area contributed by atoms with Crippen LogP contribution in [-0.4, -0.2) is 32.5 Å². The summed E-state index contributed by atoms with van der Waals surface area (Å²) >= 11 is 0. The summed E-state index contributed by atoms with van der Waals surface area (Å²) < 4.78 is 0. The Morgan fingerprint density at radius 3 is 1.22 bits per heavy atom. The maximum atomic E-state index is 5.17. The molecule has 190 valence electrons. The van der Waals surface area contributed by atoms with E-state index in [4.69, 9.17) is 5.10 Å². The Bertz CT molecular complexity index is 633. The highest BCUT2D eigenvalue weighted by Crippen LogP contribution is 2.62. The molecule has 0 rings (SSSR count). The Labute approximate surface area is 205 Å². The van der Waals surface area contributed by atoms with Gasteiger partial charge >= 0.3 is 0 Å². The molecule has 0 atom stereocenters. The Hall–Kier alpha value is 0.0700. The fourth-order valence-corrected chi connectivity index (χ4v) is 11.4. The van der Waals surface area contributed by atoms with E-state index in [2.05, 4.69) is 136 Å². The quantitative estimate of drug-likeness (QED) is 0.234. The molecule has 0 aliphatic heterocycles. The molecule has 0 bridgehead atoms. The van der Waals surface area contributed by atoms with E-state index < -0.39 is 0 Å². The number of rotatable bonds is 5. The van der Waals surface area contributed by atoms with Crippen LogP contribution in [0.5, 0.6) is 0 Å². The van der Waals surface area contributed by atoms with Crippen molar-refractivity contribution in [2.75, 3.05) is 6.16 Å². The zero-order chi connectivity index (χ0) is 26.1. The molecular formula is C28H58N2P2. The Morgan fingerprint density at radius 1 is 0.594 bits per heavy atom. The molecule has 0 aromatic carbocycles. The van der Waals surface area contributed by atoms with Crippen molar-refractivity contribution in [3.63, 3.8) is 0 Å². The first-order chi connectivity index (χ1) is 13.7. The van der Waals surface area contributed by atoms with Gasteiger partial charge in [0.2, 0.25) is 0 Å². The number of allylic oxidation sites excluding steroid dienone is 1. The van der Waals surface area contributed by atoms with E-state index in [9.17, 15) is 0 Å². The highest BCUT2D eigenvalue weighted by Gasteiger charge is 2.38. The summed E-state index contributed by atoms with van der Waals surface area (Å²) in [5.41, 5.74) is 6.22. The van der Waals surface area contributed by atoms with Crippen LogP contribution in [0.3, 0.4) is 0 Å². The van der Waals surface area contributed by atoms with Gasteiger partial charge in [0.1, 0.15) is 0 Å². The summed E-state index contributed by atoms with van der Waals surface area (Å²) in [7, 11) is -0.594. The lowest BCUT2D eigenvalue weighted by Gasteiger charge is -2.43. The van der Waals surface area contributed by atoms with Gasteiger partial charge in [0.15, 0.2) is 0 Å². The summed E-state index contributed by atoms with van der Waals surface area (Å²) in [5.74, 6) is 2.54. The molecule has 0 heterocycles. The van der Waals surface area contributed by atoms with Crippen LogP contribution >= 0.6 is 15.8 Å². The Kier molecular flexibility index (Phi) is 10.4. The zero-order valence-electron chi connectivity index (χ0n) is 25.1. The average Bonchev–Trinajstić information content (AvgIpc) is 2.41. The van der Waals surface area contributed by atoms with E-state index in [1.54, 1.807) is 0 Å². The minimum atomic E-state index is -0.349. The van der Waals surface area contributed by atoms with Gasteiger partial charge in [-0.25, -0.2) is 0 Å². The first-order valence-corrected chi connectivity index (χ1v) is 15.2. The summed E-state index contributed by atoms with van der Waals surface area (Å²) in [6.45, 7) is 42.5. The molecule has 0 fully saturated rings. The lowest BCUT2D eigenvalue weighted by atomic mass is 9.91. The fourth-order valence-electron chi connectivity index (χ4n) is 4.11. The first kappa shape index (κ1) is 32.1. The van der Waals surface area contributed by atoms with Gasteiger partial charge < -0.3 is 0 Å². The number of hydrazone groups is 1. The summed E-state index contributed by atoms with van der Waals surface area (Å²) in [6, 6.07) is 0. The predicted octanol–water partition coefficient (Wildman–Crippen LogP) is 10.0. The maximum Gasteiger partial charge on any atom is 0.0478 e. The summed E-state index contributed by atoms with van der Waals surface area (Å²) in [5, 5.41) is 6.23. The van der Waals surface area contributed by atoms with Gasteiger partial charge in [0, 0.05) is 28.4 Å². The molecule has 4 heteroatoms. The van der Waals surface area contributed by atoms with Crippen LogP contribution in [0.25, 0.3) is 0 Å². The summed E-state index contributed by atoms with van der Waals surface area (Å²) in [4.78, 5) is 0. The van der Waals surface area contributed by atoms with Gasteiger partial charge in [-0.05, 0) is 26.4 Å². The SMILES string of the molecule is CC(C)(C)/C(=C/P(C(C)(C)C)C(C)(C)C)N/N=C(/CP(C(C)(C)C)C(C)(C)C)C(C)(C)C. The lowest BCUT2D eigenvalue weighted by Crippen LogP contribution is -2.34. The Morgan fingerprint density at radius 2 is 0.969 bits per heavy atom. The second-order valence-corrected chi connectivity index (χ2v) is 22.9. The van der Waals surface area contributed by atoms with Crippen molar-refractivity contribution in [2.45, 2.75) is 145 Å². The van der Waals surface area contributed by atoms with Gasteiger partial charge in [-0.3, -0.25) is 5.43 Å². The van der Waals surface area contributed by atoms with Gasteiger partial charge in [-0.15, -0.1) is 0 Å². The molecule has 0 saturated heterocycles. The molecule has 0 spiro atoms. The molecule has 0 aromatic rings. The van der Waals surface area contributed by atoms with E-state index in [1.165, 1.54) is 11.4 Å². The third kappa shape index (κ3) is 10.6. The van der Waals surface area contributed by atoms with Gasteiger partial charge in [-0.2, -0.15) is 5.10 Å². The molecule has 0 amide bonds. The molecule has 1 N–H and O–H groups in total. The molecule has 0 aromatic heterocycles. The van der Waals surface area contributed by atoms with Gasteiger partial charge in [-0.1, -0.05) is 140 Å². The second-order valence-electron chi connectivity index (χ2n) is 15.4. The molecule has 32 heavy (non-hydrogen) atoms. The molecule has 0 aliphatic rings. The predicted molar refractivity (Wildman–Crippen MR) is 155 cm³/mol. The highest BCUT2D eigenvalue weighted by molar-refractivity contribution is 7.64. The molecule has 0 unspecified atom stereocenters. The standard InChI is InChI=1S/C28H58N2P2/c1-23(2,3)21(19-31(25(7,8)9)26(10,11)12)29-30-22(24(4,5)6)20-32(27(13,14)15)28(16,17)18/h19,29H,20H2,1-18H3/b21-19-,30-22-. The van der Waals surface area contributed by atoms with Crippen molar-refractivity contribution < 1.29 is 0 Å². The van der Waals surface area contributed by atoms with Crippen molar-refractivity contribution in [3.8, 4) is 0 Å². The maximum absolute atomic E-state index is 5.17. The lowest BCUT2D eigenvalue weighted by molar-refractivity contribution is 0.462. The molecular weight excluding hydrogens is 426 g/mol. The number of hydrogen-bond donors (Lipinski definition) is 1. The van der Waals surface area contributed by atoms with Crippen molar-refractivity contribution in [1.82, 2.24) is 5.43 Å². The van der Waals surface area contributed by atoms with E-state index in [1.807, 2.05) is 0 Å². The largest absolute Gasteiger partial charge is 0.282 e. The van der Waals surface area contributed by atoms with Gasteiger partial charge in [0.25, 0.3) is 0 Å². The zero-order valence-corrected chi connectivity index (χ0v) is 26.9.